The summed E-state index contributed by atoms with van der Waals surface area (Å²) in [4.78, 5) is 0. The van der Waals surface area contributed by atoms with E-state index in [1.165, 1.54) is 62.3 Å². The third-order valence-corrected chi connectivity index (χ3v) is 4.33. The minimum absolute atomic E-state index is 0.124. The molecular weight excluding hydrogens is 258 g/mol. The van der Waals surface area contributed by atoms with E-state index >= 15 is 0 Å². The van der Waals surface area contributed by atoms with E-state index in [2.05, 4.69) is 29.8 Å². The van der Waals surface area contributed by atoms with Crippen molar-refractivity contribution in [3.63, 3.8) is 0 Å². The molecule has 2 rings (SSSR count). The molecule has 2 nitrogen and oxygen atoms in total. The molecule has 2 aromatic rings. The van der Waals surface area contributed by atoms with Gasteiger partial charge in [-0.1, -0.05) is 64.0 Å². The lowest BCUT2D eigenvalue weighted by Gasteiger charge is -2.06. The number of hydrogen-bond acceptors (Lipinski definition) is 1. The number of hydrogen-bond donors (Lipinski definition) is 1. The third-order valence-electron chi connectivity index (χ3n) is 4.33. The Kier molecular flexibility index (Phi) is 6.81. The molecule has 0 aliphatic heterocycles. The smallest absolute Gasteiger partial charge is 0.0688 e. The molecule has 0 fully saturated rings. The van der Waals surface area contributed by atoms with Crippen molar-refractivity contribution in [2.75, 3.05) is 0 Å². The molecule has 0 spiro atoms. The first-order valence-electron chi connectivity index (χ1n) is 8.54. The number of aromatic nitrogens is 1. The Labute approximate surface area is 128 Å². The van der Waals surface area contributed by atoms with Crippen LogP contribution < -0.4 is 0 Å². The van der Waals surface area contributed by atoms with Gasteiger partial charge in [0.05, 0.1) is 6.61 Å². The van der Waals surface area contributed by atoms with Crippen molar-refractivity contribution in [2.45, 2.75) is 71.4 Å². The molecule has 0 saturated heterocycles. The molecule has 0 aliphatic carbocycles. The summed E-state index contributed by atoms with van der Waals surface area (Å²) in [5.41, 5.74) is 2.28. The molecule has 0 radical (unpaired) electrons. The second-order valence-electron chi connectivity index (χ2n) is 5.99. The normalized spacial score (nSPS) is 11.3. The van der Waals surface area contributed by atoms with Crippen LogP contribution in [0.5, 0.6) is 0 Å². The molecule has 0 bridgehead atoms. The lowest BCUT2D eigenvalue weighted by Crippen LogP contribution is -1.96. The fourth-order valence-corrected chi connectivity index (χ4v) is 3.04. The second-order valence-corrected chi connectivity index (χ2v) is 5.99. The van der Waals surface area contributed by atoms with E-state index in [1.807, 2.05) is 12.1 Å². The molecule has 0 unspecified atom stereocenters. The Hall–Kier alpha value is -1.28. The van der Waals surface area contributed by atoms with E-state index in [1.54, 1.807) is 0 Å². The number of aliphatic hydroxyl groups is 1. The summed E-state index contributed by atoms with van der Waals surface area (Å²) in [6, 6.07) is 8.33. The summed E-state index contributed by atoms with van der Waals surface area (Å²) in [5.74, 6) is 0. The van der Waals surface area contributed by atoms with Gasteiger partial charge >= 0.3 is 0 Å². The van der Waals surface area contributed by atoms with Gasteiger partial charge in [-0.15, -0.1) is 0 Å². The number of aliphatic hydroxyl groups excluding tert-OH is 1. The average Bonchev–Trinajstić information content (AvgIpc) is 2.93. The molecule has 1 aromatic heterocycles. The molecule has 0 saturated carbocycles. The van der Waals surface area contributed by atoms with Gasteiger partial charge in [0.25, 0.3) is 0 Å². The Balaban J connectivity index is 1.74. The summed E-state index contributed by atoms with van der Waals surface area (Å²) in [5, 5.41) is 10.6. The first-order valence-corrected chi connectivity index (χ1v) is 8.54. The Morgan fingerprint density at radius 1 is 0.905 bits per heavy atom. The topological polar surface area (TPSA) is 25.2 Å². The van der Waals surface area contributed by atoms with Crippen LogP contribution in [-0.4, -0.2) is 9.67 Å². The molecule has 1 heterocycles. The lowest BCUT2D eigenvalue weighted by atomic mass is 10.1. The highest BCUT2D eigenvalue weighted by atomic mass is 16.3. The van der Waals surface area contributed by atoms with Gasteiger partial charge in [0.2, 0.25) is 0 Å². The maximum atomic E-state index is 9.37. The van der Waals surface area contributed by atoms with Crippen LogP contribution >= 0.6 is 0 Å². The van der Waals surface area contributed by atoms with Gasteiger partial charge in [0.1, 0.15) is 0 Å². The second kappa shape index (κ2) is 8.89. The zero-order valence-corrected chi connectivity index (χ0v) is 13.4. The third kappa shape index (κ3) is 4.60. The van der Waals surface area contributed by atoms with Crippen molar-refractivity contribution >= 4 is 10.9 Å². The summed E-state index contributed by atoms with van der Waals surface area (Å²) in [7, 11) is 0. The molecule has 0 aliphatic rings. The summed E-state index contributed by atoms with van der Waals surface area (Å²) >= 11 is 0. The van der Waals surface area contributed by atoms with Crippen molar-refractivity contribution in [1.82, 2.24) is 4.57 Å². The molecule has 1 N–H and O–H groups in total. The molecular formula is C19H29NO. The van der Waals surface area contributed by atoms with Crippen LogP contribution in [0.4, 0.5) is 0 Å². The van der Waals surface area contributed by atoms with E-state index in [-0.39, 0.29) is 6.61 Å². The van der Waals surface area contributed by atoms with Gasteiger partial charge in [-0.25, -0.2) is 0 Å². The van der Waals surface area contributed by atoms with Crippen LogP contribution in [0.1, 0.15) is 63.9 Å². The van der Waals surface area contributed by atoms with Crippen molar-refractivity contribution in [3.05, 3.63) is 36.0 Å². The van der Waals surface area contributed by atoms with Crippen molar-refractivity contribution < 1.29 is 5.11 Å². The Morgan fingerprint density at radius 2 is 1.62 bits per heavy atom. The number of unbranched alkanes of at least 4 members (excludes halogenated alkanes) is 7. The number of nitrogens with zero attached hydrogens (tertiary/aromatic N) is 1. The van der Waals surface area contributed by atoms with Gasteiger partial charge in [-0.3, -0.25) is 0 Å². The van der Waals surface area contributed by atoms with Gasteiger partial charge < -0.3 is 9.67 Å². The zero-order valence-electron chi connectivity index (χ0n) is 13.4. The minimum Gasteiger partial charge on any atom is -0.392 e. The van der Waals surface area contributed by atoms with Crippen LogP contribution in [0.25, 0.3) is 10.9 Å². The molecule has 0 atom stereocenters. The predicted octanol–water partition coefficient (Wildman–Crippen LogP) is 5.27. The van der Waals surface area contributed by atoms with Gasteiger partial charge in [-0.05, 0) is 24.1 Å². The van der Waals surface area contributed by atoms with Crippen LogP contribution in [0.15, 0.2) is 30.5 Å². The highest BCUT2D eigenvalue weighted by molar-refractivity contribution is 5.83. The monoisotopic (exact) mass is 287 g/mol. The van der Waals surface area contributed by atoms with E-state index in [0.29, 0.717) is 0 Å². The van der Waals surface area contributed by atoms with Crippen molar-refractivity contribution in [2.24, 2.45) is 0 Å². The zero-order chi connectivity index (χ0) is 14.9. The highest BCUT2D eigenvalue weighted by Crippen LogP contribution is 2.21. The lowest BCUT2D eigenvalue weighted by molar-refractivity contribution is 0.283. The summed E-state index contributed by atoms with van der Waals surface area (Å²) in [6.45, 7) is 3.48. The van der Waals surface area contributed by atoms with Crippen LogP contribution in [0, 0.1) is 0 Å². The Bertz CT molecular complexity index is 529. The number of rotatable bonds is 10. The van der Waals surface area contributed by atoms with Crippen molar-refractivity contribution in [1.29, 1.82) is 0 Å². The largest absolute Gasteiger partial charge is 0.392 e. The molecule has 116 valence electrons. The highest BCUT2D eigenvalue weighted by Gasteiger charge is 2.04. The maximum Gasteiger partial charge on any atom is 0.0688 e. The van der Waals surface area contributed by atoms with Crippen LogP contribution in [-0.2, 0) is 13.2 Å². The number of aryl methyl sites for hydroxylation is 1. The first kappa shape index (κ1) is 16.1. The maximum absolute atomic E-state index is 9.37. The number of fused-ring (bicyclic) bond motifs is 1. The van der Waals surface area contributed by atoms with Crippen LogP contribution in [0.3, 0.4) is 0 Å². The molecule has 1 aromatic carbocycles. The van der Waals surface area contributed by atoms with E-state index in [4.69, 9.17) is 0 Å². The molecule has 21 heavy (non-hydrogen) atoms. The summed E-state index contributed by atoms with van der Waals surface area (Å²) in [6.07, 6.45) is 13.0. The first-order chi connectivity index (χ1) is 10.4. The SMILES string of the molecule is CCCCCCCCCCn1ccc2c(CO)cccc21. The fraction of sp³-hybridized carbons (Fsp3) is 0.579. The van der Waals surface area contributed by atoms with Crippen molar-refractivity contribution in [3.8, 4) is 0 Å². The average molecular weight is 287 g/mol. The van der Waals surface area contributed by atoms with Gasteiger partial charge in [0.15, 0.2) is 0 Å². The predicted molar refractivity (Wildman–Crippen MR) is 90.5 cm³/mol. The van der Waals surface area contributed by atoms with Gasteiger partial charge in [-0.2, -0.15) is 0 Å². The van der Waals surface area contributed by atoms with Crippen LogP contribution in [0.2, 0.25) is 0 Å². The quantitative estimate of drug-likeness (QED) is 0.591. The Morgan fingerprint density at radius 3 is 2.33 bits per heavy atom. The van der Waals surface area contributed by atoms with Gasteiger partial charge in [0, 0.05) is 23.6 Å². The molecule has 0 amide bonds. The summed E-state index contributed by atoms with van der Waals surface area (Å²) < 4.78 is 2.32. The molecule has 2 heteroatoms. The van der Waals surface area contributed by atoms with E-state index < -0.39 is 0 Å². The fourth-order valence-electron chi connectivity index (χ4n) is 3.04. The minimum atomic E-state index is 0.124. The standard InChI is InChI=1S/C19H29NO/c1-2-3-4-5-6-7-8-9-14-20-15-13-18-17(16-21)11-10-12-19(18)20/h10-13,15,21H,2-9,14,16H2,1H3. The van der Waals surface area contributed by atoms with E-state index in [9.17, 15) is 5.11 Å². The number of benzene rings is 1. The van der Waals surface area contributed by atoms with E-state index in [0.717, 1.165) is 12.1 Å².